The molecule has 2 amide bonds. The molecule has 0 fully saturated rings. The molecule has 0 saturated carbocycles. The van der Waals surface area contributed by atoms with Gasteiger partial charge in [-0.1, -0.05) is 42.5 Å². The summed E-state index contributed by atoms with van der Waals surface area (Å²) >= 11 is 1.24. The molecule has 0 aliphatic heterocycles. The van der Waals surface area contributed by atoms with E-state index in [9.17, 15) is 14.4 Å². The van der Waals surface area contributed by atoms with Gasteiger partial charge in [-0.25, -0.2) is 4.79 Å². The number of thioether (sulfide) groups is 1. The van der Waals surface area contributed by atoms with Crippen molar-refractivity contribution < 1.29 is 23.9 Å². The van der Waals surface area contributed by atoms with E-state index in [1.54, 1.807) is 48.5 Å². The molecule has 0 aromatic heterocycles. The van der Waals surface area contributed by atoms with Crippen molar-refractivity contribution in [2.75, 3.05) is 17.7 Å². The van der Waals surface area contributed by atoms with Crippen molar-refractivity contribution in [3.8, 4) is 11.5 Å². The number of esters is 1. The van der Waals surface area contributed by atoms with Crippen LogP contribution in [0.15, 0.2) is 83.8 Å². The first-order valence-corrected chi connectivity index (χ1v) is 11.7. The van der Waals surface area contributed by atoms with Crippen molar-refractivity contribution in [2.24, 2.45) is 0 Å². The third-order valence-electron chi connectivity index (χ3n) is 4.38. The van der Waals surface area contributed by atoms with Gasteiger partial charge in [0, 0.05) is 10.9 Å². The van der Waals surface area contributed by atoms with Crippen LogP contribution in [0.4, 0.5) is 5.69 Å². The molecule has 0 spiro atoms. The van der Waals surface area contributed by atoms with Crippen LogP contribution >= 0.6 is 11.8 Å². The fourth-order valence-corrected chi connectivity index (χ4v) is 3.79. The summed E-state index contributed by atoms with van der Waals surface area (Å²) in [6.07, 6.45) is 0. The molecule has 0 unspecified atom stereocenters. The number of nitrogens with one attached hydrogen (secondary N) is 2. The van der Waals surface area contributed by atoms with Gasteiger partial charge in [-0.05, 0) is 50.2 Å². The highest BCUT2D eigenvalue weighted by Crippen LogP contribution is 2.29. The van der Waals surface area contributed by atoms with Crippen molar-refractivity contribution in [1.82, 2.24) is 5.32 Å². The van der Waals surface area contributed by atoms with Gasteiger partial charge in [-0.15, -0.1) is 11.8 Å². The number of amides is 2. The van der Waals surface area contributed by atoms with Gasteiger partial charge in [0.15, 0.2) is 12.4 Å². The summed E-state index contributed by atoms with van der Waals surface area (Å²) in [5.41, 5.74) is 0.755. The lowest BCUT2D eigenvalue weighted by Gasteiger charge is -2.13. The Morgan fingerprint density at radius 2 is 1.53 bits per heavy atom. The van der Waals surface area contributed by atoms with Crippen LogP contribution in [0.1, 0.15) is 24.2 Å². The zero-order chi connectivity index (χ0) is 24.3. The molecule has 0 saturated heterocycles. The summed E-state index contributed by atoms with van der Waals surface area (Å²) < 4.78 is 11.1. The standard InChI is InChI=1S/C26H26N2O5S/c1-18(2)27-25(30)17-34-23-15-9-6-12-20(23)26(31)32-16-24(29)28-21-13-7-8-14-22(21)33-19-10-4-3-5-11-19/h3-15,18H,16-17H2,1-2H3,(H,27,30)(H,28,29). The number of hydrogen-bond donors (Lipinski definition) is 2. The minimum absolute atomic E-state index is 0.0371. The van der Waals surface area contributed by atoms with E-state index < -0.39 is 18.5 Å². The van der Waals surface area contributed by atoms with Gasteiger partial charge in [0.1, 0.15) is 5.75 Å². The zero-order valence-electron chi connectivity index (χ0n) is 18.9. The van der Waals surface area contributed by atoms with E-state index in [2.05, 4.69) is 10.6 Å². The fraction of sp³-hybridized carbons (Fsp3) is 0.192. The minimum Gasteiger partial charge on any atom is -0.455 e. The predicted octanol–water partition coefficient (Wildman–Crippen LogP) is 4.89. The predicted molar refractivity (Wildman–Crippen MR) is 132 cm³/mol. The lowest BCUT2D eigenvalue weighted by atomic mass is 10.2. The fourth-order valence-electron chi connectivity index (χ4n) is 2.94. The first-order valence-electron chi connectivity index (χ1n) is 10.7. The first-order chi connectivity index (χ1) is 16.4. The van der Waals surface area contributed by atoms with Crippen molar-refractivity contribution in [1.29, 1.82) is 0 Å². The van der Waals surface area contributed by atoms with E-state index in [4.69, 9.17) is 9.47 Å². The number of carbonyl (C=O) groups excluding carboxylic acids is 3. The summed E-state index contributed by atoms with van der Waals surface area (Å²) in [6, 6.07) is 23.0. The summed E-state index contributed by atoms with van der Waals surface area (Å²) in [6.45, 7) is 3.29. The van der Waals surface area contributed by atoms with Crippen LogP contribution < -0.4 is 15.4 Å². The highest BCUT2D eigenvalue weighted by atomic mass is 32.2. The molecule has 34 heavy (non-hydrogen) atoms. The topological polar surface area (TPSA) is 93.7 Å². The number of hydrogen-bond acceptors (Lipinski definition) is 6. The minimum atomic E-state index is -0.642. The van der Waals surface area contributed by atoms with Crippen LogP contribution in [0.25, 0.3) is 0 Å². The Hall–Kier alpha value is -3.78. The Balaban J connectivity index is 1.57. The van der Waals surface area contributed by atoms with Crippen molar-refractivity contribution in [3.63, 3.8) is 0 Å². The van der Waals surface area contributed by atoms with Crippen molar-refractivity contribution >= 4 is 35.2 Å². The van der Waals surface area contributed by atoms with Gasteiger partial charge < -0.3 is 20.1 Å². The van der Waals surface area contributed by atoms with E-state index in [-0.39, 0.29) is 17.7 Å². The summed E-state index contributed by atoms with van der Waals surface area (Å²) in [5.74, 6) is -0.00275. The lowest BCUT2D eigenvalue weighted by Crippen LogP contribution is -2.31. The second kappa shape index (κ2) is 12.5. The molecule has 0 heterocycles. The van der Waals surface area contributed by atoms with Crippen LogP contribution in [0.3, 0.4) is 0 Å². The molecule has 0 atom stereocenters. The normalized spacial score (nSPS) is 10.4. The number of benzene rings is 3. The SMILES string of the molecule is CC(C)NC(=O)CSc1ccccc1C(=O)OCC(=O)Nc1ccccc1Oc1ccccc1. The molecule has 0 bridgehead atoms. The van der Waals surface area contributed by atoms with Crippen molar-refractivity contribution in [3.05, 3.63) is 84.4 Å². The van der Waals surface area contributed by atoms with Gasteiger partial charge in [-0.3, -0.25) is 9.59 Å². The smallest absolute Gasteiger partial charge is 0.339 e. The van der Waals surface area contributed by atoms with Crippen LogP contribution in [0, 0.1) is 0 Å². The maximum absolute atomic E-state index is 12.6. The molecule has 7 nitrogen and oxygen atoms in total. The number of anilines is 1. The number of carbonyl (C=O) groups is 3. The highest BCUT2D eigenvalue weighted by Gasteiger charge is 2.16. The average Bonchev–Trinajstić information content (AvgIpc) is 2.83. The monoisotopic (exact) mass is 478 g/mol. The zero-order valence-corrected chi connectivity index (χ0v) is 19.8. The number of rotatable bonds is 10. The molecule has 176 valence electrons. The number of ether oxygens (including phenoxy) is 2. The molecule has 0 radical (unpaired) electrons. The van der Waals surface area contributed by atoms with E-state index in [1.165, 1.54) is 11.8 Å². The quantitative estimate of drug-likeness (QED) is 0.318. The molecular weight excluding hydrogens is 452 g/mol. The van der Waals surface area contributed by atoms with E-state index in [0.717, 1.165) is 0 Å². The van der Waals surface area contributed by atoms with Gasteiger partial charge in [0.05, 0.1) is 17.0 Å². The Morgan fingerprint density at radius 1 is 0.853 bits per heavy atom. The van der Waals surface area contributed by atoms with Crippen LogP contribution in [-0.2, 0) is 14.3 Å². The summed E-state index contributed by atoms with van der Waals surface area (Å²) in [7, 11) is 0. The molecule has 3 aromatic carbocycles. The summed E-state index contributed by atoms with van der Waals surface area (Å²) in [5, 5.41) is 5.52. The maximum Gasteiger partial charge on any atom is 0.339 e. The first kappa shape index (κ1) is 24.9. The lowest BCUT2D eigenvalue weighted by molar-refractivity contribution is -0.119. The Bertz CT molecular complexity index is 1130. The van der Waals surface area contributed by atoms with E-state index in [1.807, 2.05) is 44.2 Å². The van der Waals surface area contributed by atoms with Gasteiger partial charge in [0.2, 0.25) is 5.91 Å². The Morgan fingerprint density at radius 3 is 2.29 bits per heavy atom. The van der Waals surface area contributed by atoms with Crippen LogP contribution in [-0.4, -0.2) is 36.2 Å². The highest BCUT2D eigenvalue weighted by molar-refractivity contribution is 8.00. The second-order valence-electron chi connectivity index (χ2n) is 7.54. The van der Waals surface area contributed by atoms with Gasteiger partial charge in [0.25, 0.3) is 5.91 Å². The molecular formula is C26H26N2O5S. The molecule has 8 heteroatoms. The molecule has 3 aromatic rings. The van der Waals surface area contributed by atoms with Crippen LogP contribution in [0.5, 0.6) is 11.5 Å². The van der Waals surface area contributed by atoms with Crippen molar-refractivity contribution in [2.45, 2.75) is 24.8 Å². The van der Waals surface area contributed by atoms with Gasteiger partial charge in [-0.2, -0.15) is 0 Å². The van der Waals surface area contributed by atoms with E-state index in [0.29, 0.717) is 27.6 Å². The average molecular weight is 479 g/mol. The van der Waals surface area contributed by atoms with E-state index >= 15 is 0 Å². The molecule has 3 rings (SSSR count). The Kier molecular flexibility index (Phi) is 9.11. The molecule has 2 N–H and O–H groups in total. The molecule has 0 aliphatic carbocycles. The van der Waals surface area contributed by atoms with Crippen LogP contribution in [0.2, 0.25) is 0 Å². The third-order valence-corrected chi connectivity index (χ3v) is 5.46. The third kappa shape index (κ3) is 7.67. The number of para-hydroxylation sites is 3. The Labute approximate surface area is 202 Å². The largest absolute Gasteiger partial charge is 0.455 e. The second-order valence-corrected chi connectivity index (χ2v) is 8.56. The molecule has 0 aliphatic rings. The van der Waals surface area contributed by atoms with Gasteiger partial charge >= 0.3 is 5.97 Å². The summed E-state index contributed by atoms with van der Waals surface area (Å²) in [4.78, 5) is 37.6. The maximum atomic E-state index is 12.6.